The Hall–Kier alpha value is -1.98. The number of rotatable bonds is 3. The van der Waals surface area contributed by atoms with E-state index < -0.39 is 0 Å². The highest BCUT2D eigenvalue weighted by molar-refractivity contribution is 7.10. The van der Waals surface area contributed by atoms with Gasteiger partial charge >= 0.3 is 0 Å². The van der Waals surface area contributed by atoms with E-state index in [9.17, 15) is 4.79 Å². The highest BCUT2D eigenvalue weighted by Gasteiger charge is 2.27. The minimum absolute atomic E-state index is 0.00697. The number of aromatic nitrogens is 2. The molecular formula is C17H17N3OS. The predicted molar refractivity (Wildman–Crippen MR) is 88.2 cm³/mol. The summed E-state index contributed by atoms with van der Waals surface area (Å²) in [4.78, 5) is 20.7. The third-order valence-corrected chi connectivity index (χ3v) is 5.20. The van der Waals surface area contributed by atoms with Gasteiger partial charge in [0.15, 0.2) is 0 Å². The molecule has 0 saturated carbocycles. The number of nitrogens with zero attached hydrogens (tertiary/aromatic N) is 3. The van der Waals surface area contributed by atoms with Gasteiger partial charge in [-0.15, -0.1) is 11.3 Å². The molecule has 0 bridgehead atoms. The van der Waals surface area contributed by atoms with Gasteiger partial charge in [0, 0.05) is 29.7 Å². The summed E-state index contributed by atoms with van der Waals surface area (Å²) < 4.78 is 1.59. The van der Waals surface area contributed by atoms with Gasteiger partial charge in [0.05, 0.1) is 5.69 Å². The number of likely N-dealkylation sites (tertiary alicyclic amines) is 1. The lowest BCUT2D eigenvalue weighted by atomic mass is 10.2. The molecule has 0 aromatic carbocycles. The standard InChI is InChI=1S/C17H17N3OS/c21-17-11-13(18-16-7-1-2-9-20(16)17)12-19-8-3-5-14(19)15-6-4-10-22-15/h1-2,4,6-7,9-11,14H,3,5,8,12H2/t14-/m1/s1. The first-order valence-corrected chi connectivity index (χ1v) is 8.44. The Bertz CT molecular complexity index is 840. The summed E-state index contributed by atoms with van der Waals surface area (Å²) in [5.41, 5.74) is 1.57. The lowest BCUT2D eigenvalue weighted by Gasteiger charge is -2.23. The van der Waals surface area contributed by atoms with Gasteiger partial charge in [0.2, 0.25) is 0 Å². The molecule has 1 atom stereocenters. The second kappa shape index (κ2) is 5.66. The summed E-state index contributed by atoms with van der Waals surface area (Å²) in [6.07, 6.45) is 4.15. The van der Waals surface area contributed by atoms with Gasteiger partial charge in [0.1, 0.15) is 5.65 Å². The fraction of sp³-hybridized carbons (Fsp3) is 0.294. The molecule has 1 saturated heterocycles. The fourth-order valence-corrected chi connectivity index (χ4v) is 4.11. The highest BCUT2D eigenvalue weighted by Crippen LogP contribution is 2.35. The van der Waals surface area contributed by atoms with Crippen LogP contribution in [0.2, 0.25) is 0 Å². The molecule has 5 heteroatoms. The van der Waals surface area contributed by atoms with E-state index in [1.54, 1.807) is 16.7 Å². The molecule has 0 amide bonds. The molecule has 1 fully saturated rings. The van der Waals surface area contributed by atoms with Crippen LogP contribution in [0, 0.1) is 0 Å². The van der Waals surface area contributed by atoms with E-state index in [4.69, 9.17) is 0 Å². The van der Waals surface area contributed by atoms with Crippen LogP contribution >= 0.6 is 11.3 Å². The quantitative estimate of drug-likeness (QED) is 0.746. The number of hydrogen-bond acceptors (Lipinski definition) is 4. The molecule has 0 radical (unpaired) electrons. The van der Waals surface area contributed by atoms with Gasteiger partial charge < -0.3 is 0 Å². The maximum Gasteiger partial charge on any atom is 0.258 e. The van der Waals surface area contributed by atoms with E-state index in [-0.39, 0.29) is 5.56 Å². The van der Waals surface area contributed by atoms with E-state index in [2.05, 4.69) is 27.4 Å². The molecule has 0 N–H and O–H groups in total. The van der Waals surface area contributed by atoms with Crippen LogP contribution < -0.4 is 5.56 Å². The summed E-state index contributed by atoms with van der Waals surface area (Å²) in [5.74, 6) is 0. The van der Waals surface area contributed by atoms with Crippen LogP contribution in [-0.4, -0.2) is 20.8 Å². The molecule has 4 heterocycles. The van der Waals surface area contributed by atoms with Crippen molar-refractivity contribution in [2.24, 2.45) is 0 Å². The molecule has 112 valence electrons. The van der Waals surface area contributed by atoms with E-state index in [0.717, 1.165) is 24.4 Å². The molecule has 0 spiro atoms. The van der Waals surface area contributed by atoms with Gasteiger partial charge in [-0.25, -0.2) is 4.98 Å². The first-order chi connectivity index (χ1) is 10.8. The summed E-state index contributed by atoms with van der Waals surface area (Å²) in [7, 11) is 0. The number of pyridine rings is 1. The largest absolute Gasteiger partial charge is 0.290 e. The molecule has 4 rings (SSSR count). The molecule has 1 aliphatic heterocycles. The van der Waals surface area contributed by atoms with Crippen molar-refractivity contribution in [3.05, 3.63) is 68.9 Å². The zero-order valence-electron chi connectivity index (χ0n) is 12.2. The maximum atomic E-state index is 12.2. The second-order valence-corrected chi connectivity index (χ2v) is 6.64. The molecular weight excluding hydrogens is 294 g/mol. The molecule has 1 aliphatic rings. The first-order valence-electron chi connectivity index (χ1n) is 7.56. The predicted octanol–water partition coefficient (Wildman–Crippen LogP) is 3.09. The zero-order chi connectivity index (χ0) is 14.9. The van der Waals surface area contributed by atoms with Crippen molar-refractivity contribution in [1.82, 2.24) is 14.3 Å². The van der Waals surface area contributed by atoms with Crippen LogP contribution in [0.1, 0.15) is 29.5 Å². The Balaban J connectivity index is 1.64. The van der Waals surface area contributed by atoms with Gasteiger partial charge in [-0.2, -0.15) is 0 Å². The Labute approximate surface area is 132 Å². The van der Waals surface area contributed by atoms with E-state index >= 15 is 0 Å². The third-order valence-electron chi connectivity index (χ3n) is 4.22. The molecule has 0 unspecified atom stereocenters. The van der Waals surface area contributed by atoms with E-state index in [1.165, 1.54) is 17.7 Å². The Morgan fingerprint density at radius 2 is 2.23 bits per heavy atom. The third kappa shape index (κ3) is 2.46. The highest BCUT2D eigenvalue weighted by atomic mass is 32.1. The van der Waals surface area contributed by atoms with Crippen molar-refractivity contribution >= 4 is 17.0 Å². The minimum atomic E-state index is -0.00697. The van der Waals surface area contributed by atoms with Crippen molar-refractivity contribution in [2.75, 3.05) is 6.54 Å². The normalized spacial score (nSPS) is 19.0. The maximum absolute atomic E-state index is 12.2. The monoisotopic (exact) mass is 311 g/mol. The minimum Gasteiger partial charge on any atom is -0.290 e. The van der Waals surface area contributed by atoms with Crippen LogP contribution in [0.25, 0.3) is 5.65 Å². The van der Waals surface area contributed by atoms with Crippen LogP contribution in [-0.2, 0) is 6.54 Å². The molecule has 3 aromatic heterocycles. The summed E-state index contributed by atoms with van der Waals surface area (Å²) in [6.45, 7) is 1.81. The van der Waals surface area contributed by atoms with E-state index in [1.807, 2.05) is 29.5 Å². The lowest BCUT2D eigenvalue weighted by Crippen LogP contribution is -2.24. The lowest BCUT2D eigenvalue weighted by molar-refractivity contribution is 0.248. The summed E-state index contributed by atoms with van der Waals surface area (Å²) in [5, 5.41) is 2.13. The zero-order valence-corrected chi connectivity index (χ0v) is 13.0. The smallest absolute Gasteiger partial charge is 0.258 e. The van der Waals surface area contributed by atoms with Crippen LogP contribution in [0.4, 0.5) is 0 Å². The molecule has 22 heavy (non-hydrogen) atoms. The van der Waals surface area contributed by atoms with Crippen molar-refractivity contribution in [2.45, 2.75) is 25.4 Å². The van der Waals surface area contributed by atoms with Crippen molar-refractivity contribution in [1.29, 1.82) is 0 Å². The number of hydrogen-bond donors (Lipinski definition) is 0. The SMILES string of the molecule is O=c1cc(CN2CCC[C@@H]2c2cccs2)nc2ccccn12. The van der Waals surface area contributed by atoms with Crippen LogP contribution in [0.3, 0.4) is 0 Å². The number of fused-ring (bicyclic) bond motifs is 1. The average molecular weight is 311 g/mol. The summed E-state index contributed by atoms with van der Waals surface area (Å²) in [6, 6.07) is 12.1. The number of thiophene rings is 1. The topological polar surface area (TPSA) is 37.6 Å². The van der Waals surface area contributed by atoms with Crippen molar-refractivity contribution < 1.29 is 0 Å². The van der Waals surface area contributed by atoms with Gasteiger partial charge in [-0.3, -0.25) is 14.1 Å². The molecule has 0 aliphatic carbocycles. The van der Waals surface area contributed by atoms with Crippen LogP contribution in [0.15, 0.2) is 52.8 Å². The van der Waals surface area contributed by atoms with Crippen LogP contribution in [0.5, 0.6) is 0 Å². The second-order valence-electron chi connectivity index (χ2n) is 5.66. The Kier molecular flexibility index (Phi) is 3.52. The van der Waals surface area contributed by atoms with Crippen molar-refractivity contribution in [3.8, 4) is 0 Å². The average Bonchev–Trinajstić information content (AvgIpc) is 3.18. The fourth-order valence-electron chi connectivity index (χ4n) is 3.21. The van der Waals surface area contributed by atoms with Gasteiger partial charge in [0.25, 0.3) is 5.56 Å². The van der Waals surface area contributed by atoms with Crippen molar-refractivity contribution in [3.63, 3.8) is 0 Å². The van der Waals surface area contributed by atoms with Gasteiger partial charge in [-0.1, -0.05) is 12.1 Å². The summed E-state index contributed by atoms with van der Waals surface area (Å²) >= 11 is 1.81. The molecule has 3 aromatic rings. The van der Waals surface area contributed by atoms with E-state index in [0.29, 0.717) is 6.04 Å². The van der Waals surface area contributed by atoms with Gasteiger partial charge in [-0.05, 0) is 43.0 Å². The molecule has 4 nitrogen and oxygen atoms in total. The Morgan fingerprint density at radius 3 is 3.09 bits per heavy atom. The first kappa shape index (κ1) is 13.7. The Morgan fingerprint density at radius 1 is 1.27 bits per heavy atom.